The van der Waals surface area contributed by atoms with E-state index in [-0.39, 0.29) is 25.6 Å². The molecule has 1 aliphatic rings. The number of aromatic amines is 1. The van der Waals surface area contributed by atoms with Crippen LogP contribution >= 0.6 is 0 Å². The van der Waals surface area contributed by atoms with Crippen LogP contribution in [0.3, 0.4) is 0 Å². The summed E-state index contributed by atoms with van der Waals surface area (Å²) in [5.41, 5.74) is 5.77. The van der Waals surface area contributed by atoms with Gasteiger partial charge in [0.05, 0.1) is 19.0 Å². The normalized spacial score (nSPS) is 14.2. The second-order valence-electron chi connectivity index (χ2n) is 10.1. The summed E-state index contributed by atoms with van der Waals surface area (Å²) in [6, 6.07) is 22.8. The Morgan fingerprint density at radius 2 is 1.57 bits per heavy atom. The van der Waals surface area contributed by atoms with Gasteiger partial charge in [-0.3, -0.25) is 4.79 Å². The smallest absolute Gasteiger partial charge is 0.407 e. The zero-order valence-corrected chi connectivity index (χ0v) is 23.0. The van der Waals surface area contributed by atoms with Gasteiger partial charge in [0.2, 0.25) is 5.91 Å². The lowest BCUT2D eigenvalue weighted by atomic mass is 9.98. The maximum atomic E-state index is 13.4. The predicted molar refractivity (Wildman–Crippen MR) is 155 cm³/mol. The monoisotopic (exact) mass is 568 g/mol. The average Bonchev–Trinajstić information content (AvgIpc) is 3.63. The van der Waals surface area contributed by atoms with E-state index in [4.69, 9.17) is 9.47 Å². The largest absolute Gasteiger partial charge is 0.480 e. The highest BCUT2D eigenvalue weighted by molar-refractivity contribution is 5.89. The number of carboxylic acid groups (broad SMARTS) is 1. The van der Waals surface area contributed by atoms with Gasteiger partial charge >= 0.3 is 12.1 Å². The van der Waals surface area contributed by atoms with Gasteiger partial charge in [-0.1, -0.05) is 78.9 Å². The molecule has 0 spiro atoms. The van der Waals surface area contributed by atoms with Gasteiger partial charge in [-0.05, 0) is 34.7 Å². The van der Waals surface area contributed by atoms with Gasteiger partial charge in [0, 0.05) is 24.2 Å². The van der Waals surface area contributed by atoms with E-state index < -0.39 is 36.2 Å². The fourth-order valence-corrected chi connectivity index (χ4v) is 5.14. The van der Waals surface area contributed by atoms with Gasteiger partial charge in [-0.15, -0.1) is 0 Å². The van der Waals surface area contributed by atoms with E-state index in [0.717, 1.165) is 27.8 Å². The highest BCUT2D eigenvalue weighted by Crippen LogP contribution is 2.44. The highest BCUT2D eigenvalue weighted by atomic mass is 16.5. The van der Waals surface area contributed by atoms with Crippen LogP contribution in [0.15, 0.2) is 91.4 Å². The first-order valence-corrected chi connectivity index (χ1v) is 13.7. The Balaban J connectivity index is 1.24. The van der Waals surface area contributed by atoms with Crippen LogP contribution in [0.4, 0.5) is 4.79 Å². The summed E-state index contributed by atoms with van der Waals surface area (Å²) in [6.45, 7) is 1.82. The van der Waals surface area contributed by atoms with Crippen LogP contribution < -0.4 is 10.6 Å². The van der Waals surface area contributed by atoms with E-state index in [1.807, 2.05) is 78.9 Å². The lowest BCUT2D eigenvalue weighted by Crippen LogP contribution is -2.55. The Bertz CT molecular complexity index is 1480. The summed E-state index contributed by atoms with van der Waals surface area (Å²) >= 11 is 0. The van der Waals surface area contributed by atoms with Crippen molar-refractivity contribution in [2.75, 3.05) is 6.61 Å². The lowest BCUT2D eigenvalue weighted by molar-refractivity contribution is -0.146. The Labute approximate surface area is 243 Å². The molecule has 2 amide bonds. The molecule has 3 unspecified atom stereocenters. The van der Waals surface area contributed by atoms with Gasteiger partial charge in [-0.2, -0.15) is 0 Å². The van der Waals surface area contributed by atoms with Crippen molar-refractivity contribution in [1.29, 1.82) is 0 Å². The molecule has 216 valence electrons. The summed E-state index contributed by atoms with van der Waals surface area (Å²) in [4.78, 5) is 45.3. The number of nitrogens with zero attached hydrogens (tertiary/aromatic N) is 1. The molecule has 0 fully saturated rings. The topological polar surface area (TPSA) is 143 Å². The van der Waals surface area contributed by atoms with E-state index in [1.54, 1.807) is 6.92 Å². The van der Waals surface area contributed by atoms with Crippen molar-refractivity contribution in [3.05, 3.63) is 114 Å². The van der Waals surface area contributed by atoms with E-state index in [2.05, 4.69) is 20.6 Å². The molecular formula is C32H32N4O6. The van der Waals surface area contributed by atoms with E-state index in [9.17, 15) is 19.5 Å². The molecule has 1 aromatic heterocycles. The fourth-order valence-electron chi connectivity index (χ4n) is 5.14. The number of carboxylic acids is 1. The first-order chi connectivity index (χ1) is 20.4. The average molecular weight is 569 g/mol. The number of alkyl carbamates (subject to hydrolysis) is 1. The van der Waals surface area contributed by atoms with Crippen molar-refractivity contribution in [3.8, 4) is 11.1 Å². The Kier molecular flexibility index (Phi) is 8.93. The summed E-state index contributed by atoms with van der Waals surface area (Å²) in [5, 5.41) is 15.0. The molecule has 3 atom stereocenters. The number of aliphatic carboxylic acids is 1. The molecule has 0 radical (unpaired) electrons. The minimum absolute atomic E-state index is 0.0433. The summed E-state index contributed by atoms with van der Waals surface area (Å²) < 4.78 is 11.4. The molecule has 3 aromatic carbocycles. The Hall–Kier alpha value is -4.96. The van der Waals surface area contributed by atoms with Gasteiger partial charge < -0.3 is 30.2 Å². The molecule has 1 aliphatic carbocycles. The molecule has 0 saturated heterocycles. The van der Waals surface area contributed by atoms with Crippen LogP contribution in [-0.4, -0.2) is 57.8 Å². The van der Waals surface area contributed by atoms with Crippen LogP contribution in [0.5, 0.6) is 0 Å². The molecule has 10 nitrogen and oxygen atoms in total. The van der Waals surface area contributed by atoms with E-state index >= 15 is 0 Å². The number of ether oxygens (including phenoxy) is 2. The number of imidazole rings is 1. The standard InChI is InChI=1S/C32H32N4O6/c1-20(41-17-21-9-3-2-4-10-21)29(31(38)39)36-30(37)28(15-22-16-33-19-34-22)35-32(40)42-18-27-25-13-7-5-11-23(25)24-12-6-8-14-26(24)27/h2-14,16,19-20,27-29H,15,17-18H2,1H3,(H,33,34)(H,35,40)(H,36,37)(H,38,39). The summed E-state index contributed by atoms with van der Waals surface area (Å²) in [5.74, 6) is -2.10. The van der Waals surface area contributed by atoms with E-state index in [0.29, 0.717) is 5.69 Å². The third-order valence-corrected chi connectivity index (χ3v) is 7.32. The van der Waals surface area contributed by atoms with Crippen LogP contribution in [-0.2, 0) is 32.1 Å². The number of hydrogen-bond acceptors (Lipinski definition) is 6. The highest BCUT2D eigenvalue weighted by Gasteiger charge is 2.33. The summed E-state index contributed by atoms with van der Waals surface area (Å²) in [6.07, 6.45) is 1.38. The van der Waals surface area contributed by atoms with Crippen molar-refractivity contribution < 1.29 is 29.0 Å². The van der Waals surface area contributed by atoms with Gasteiger partial charge in [0.1, 0.15) is 12.6 Å². The van der Waals surface area contributed by atoms with Gasteiger partial charge in [0.25, 0.3) is 0 Å². The zero-order valence-electron chi connectivity index (χ0n) is 23.0. The molecule has 0 saturated carbocycles. The molecule has 10 heteroatoms. The number of benzene rings is 3. The Morgan fingerprint density at radius 1 is 0.929 bits per heavy atom. The zero-order chi connectivity index (χ0) is 29.5. The van der Waals surface area contributed by atoms with Crippen LogP contribution in [0.25, 0.3) is 11.1 Å². The van der Waals surface area contributed by atoms with Gasteiger partial charge in [0.15, 0.2) is 6.04 Å². The number of nitrogens with one attached hydrogen (secondary N) is 3. The minimum atomic E-state index is -1.35. The number of amides is 2. The van der Waals surface area contributed by atoms with Crippen LogP contribution in [0, 0.1) is 0 Å². The molecule has 42 heavy (non-hydrogen) atoms. The fraction of sp³-hybridized carbons (Fsp3) is 0.250. The first kappa shape index (κ1) is 28.6. The first-order valence-electron chi connectivity index (χ1n) is 13.7. The molecule has 0 aliphatic heterocycles. The predicted octanol–water partition coefficient (Wildman–Crippen LogP) is 4.03. The van der Waals surface area contributed by atoms with Crippen LogP contribution in [0.1, 0.15) is 35.2 Å². The van der Waals surface area contributed by atoms with Crippen molar-refractivity contribution in [1.82, 2.24) is 20.6 Å². The number of carbonyl (C=O) groups is 3. The van der Waals surface area contributed by atoms with Crippen molar-refractivity contribution in [2.24, 2.45) is 0 Å². The molecular weight excluding hydrogens is 536 g/mol. The number of carbonyl (C=O) groups excluding carboxylic acids is 2. The molecule has 4 aromatic rings. The van der Waals surface area contributed by atoms with E-state index in [1.165, 1.54) is 12.5 Å². The molecule has 4 N–H and O–H groups in total. The SMILES string of the molecule is CC(OCc1ccccc1)C(NC(=O)C(Cc1cnc[nH]1)NC(=O)OCC1c2ccccc2-c2ccccc21)C(=O)O. The van der Waals surface area contributed by atoms with Crippen molar-refractivity contribution in [2.45, 2.75) is 44.1 Å². The third kappa shape index (κ3) is 6.67. The maximum Gasteiger partial charge on any atom is 0.407 e. The quantitative estimate of drug-likeness (QED) is 0.202. The van der Waals surface area contributed by atoms with Crippen LogP contribution in [0.2, 0.25) is 0 Å². The maximum absolute atomic E-state index is 13.4. The summed E-state index contributed by atoms with van der Waals surface area (Å²) in [7, 11) is 0. The second kappa shape index (κ2) is 13.1. The number of aromatic nitrogens is 2. The number of rotatable bonds is 12. The van der Waals surface area contributed by atoms with Crippen molar-refractivity contribution in [3.63, 3.8) is 0 Å². The number of fused-ring (bicyclic) bond motifs is 3. The molecule has 1 heterocycles. The van der Waals surface area contributed by atoms with Crippen molar-refractivity contribution >= 4 is 18.0 Å². The second-order valence-corrected chi connectivity index (χ2v) is 10.1. The van der Waals surface area contributed by atoms with Gasteiger partial charge in [-0.25, -0.2) is 14.6 Å². The number of hydrogen-bond donors (Lipinski definition) is 4. The molecule has 0 bridgehead atoms. The number of H-pyrrole nitrogens is 1. The third-order valence-electron chi connectivity index (χ3n) is 7.32. The molecule has 5 rings (SSSR count). The minimum Gasteiger partial charge on any atom is -0.480 e. The Morgan fingerprint density at radius 3 is 2.19 bits per heavy atom. The lowest BCUT2D eigenvalue weighted by Gasteiger charge is -2.25.